The molecule has 0 unspecified atom stereocenters. The second-order valence-corrected chi connectivity index (χ2v) is 6.72. The molecule has 1 aliphatic rings. The number of hydrogen-bond acceptors (Lipinski definition) is 6. The molecular weight excluding hydrogens is 302 g/mol. The molecule has 0 bridgehead atoms. The summed E-state index contributed by atoms with van der Waals surface area (Å²) in [6.07, 6.45) is 0.935. The Kier molecular flexibility index (Phi) is 4.26. The fourth-order valence-electron chi connectivity index (χ4n) is 2.71. The van der Waals surface area contributed by atoms with E-state index in [0.29, 0.717) is 6.42 Å². The first kappa shape index (κ1) is 15.2. The molecule has 0 radical (unpaired) electrons. The summed E-state index contributed by atoms with van der Waals surface area (Å²) < 4.78 is 5.75. The SMILES string of the molecule is C[C@@H]1CN(c2ccc3nc(CCC(=O)O)sc3n2)C[C@H](C)O1. The van der Waals surface area contributed by atoms with Crippen molar-refractivity contribution < 1.29 is 14.6 Å². The Morgan fingerprint density at radius 3 is 2.77 bits per heavy atom. The highest BCUT2D eigenvalue weighted by Crippen LogP contribution is 2.26. The number of aromatic nitrogens is 2. The number of carbonyl (C=O) groups is 1. The third-order valence-electron chi connectivity index (χ3n) is 3.58. The number of carboxylic acids is 1. The predicted octanol–water partition coefficient (Wildman–Crippen LogP) is 2.32. The lowest BCUT2D eigenvalue weighted by molar-refractivity contribution is -0.136. The molecule has 3 rings (SSSR count). The van der Waals surface area contributed by atoms with Gasteiger partial charge in [-0.15, -0.1) is 0 Å². The number of hydrogen-bond donors (Lipinski definition) is 1. The summed E-state index contributed by atoms with van der Waals surface area (Å²) in [5.41, 5.74) is 0.837. The molecule has 6 nitrogen and oxygen atoms in total. The van der Waals surface area contributed by atoms with Gasteiger partial charge >= 0.3 is 5.97 Å². The molecule has 0 aromatic carbocycles. The Morgan fingerprint density at radius 1 is 1.36 bits per heavy atom. The van der Waals surface area contributed by atoms with Crippen LogP contribution in [0.2, 0.25) is 0 Å². The minimum atomic E-state index is -0.802. The van der Waals surface area contributed by atoms with Crippen LogP contribution in [0, 0.1) is 0 Å². The third kappa shape index (κ3) is 3.36. The zero-order valence-electron chi connectivity index (χ0n) is 12.7. The van der Waals surface area contributed by atoms with Crippen LogP contribution in [0.1, 0.15) is 25.3 Å². The summed E-state index contributed by atoms with van der Waals surface area (Å²) in [6.45, 7) is 5.79. The largest absolute Gasteiger partial charge is 0.481 e. The smallest absolute Gasteiger partial charge is 0.303 e. The van der Waals surface area contributed by atoms with Gasteiger partial charge in [-0.2, -0.15) is 0 Å². The van der Waals surface area contributed by atoms with E-state index in [-0.39, 0.29) is 18.6 Å². The summed E-state index contributed by atoms with van der Waals surface area (Å²) in [6, 6.07) is 3.94. The number of aryl methyl sites for hydroxylation is 1. The molecule has 2 aromatic heterocycles. The Bertz CT molecular complexity index is 678. The minimum Gasteiger partial charge on any atom is -0.481 e. The lowest BCUT2D eigenvalue weighted by Crippen LogP contribution is -2.45. The molecule has 2 atom stereocenters. The number of ether oxygens (including phenoxy) is 1. The molecule has 0 spiro atoms. The molecule has 0 amide bonds. The lowest BCUT2D eigenvalue weighted by Gasteiger charge is -2.36. The Balaban J connectivity index is 1.81. The first-order chi connectivity index (χ1) is 10.5. The van der Waals surface area contributed by atoms with Gasteiger partial charge in [-0.25, -0.2) is 9.97 Å². The van der Waals surface area contributed by atoms with E-state index >= 15 is 0 Å². The minimum absolute atomic E-state index is 0.102. The van der Waals surface area contributed by atoms with Crippen molar-refractivity contribution in [2.24, 2.45) is 0 Å². The van der Waals surface area contributed by atoms with E-state index in [4.69, 9.17) is 14.8 Å². The second-order valence-electron chi connectivity index (χ2n) is 5.66. The first-order valence-corrected chi connectivity index (χ1v) is 8.21. The quantitative estimate of drug-likeness (QED) is 0.931. The van der Waals surface area contributed by atoms with Gasteiger partial charge < -0.3 is 14.7 Å². The fourth-order valence-corrected chi connectivity index (χ4v) is 3.64. The van der Waals surface area contributed by atoms with Crippen LogP contribution in [-0.2, 0) is 16.0 Å². The van der Waals surface area contributed by atoms with E-state index in [0.717, 1.165) is 34.3 Å². The molecule has 3 heterocycles. The van der Waals surface area contributed by atoms with Gasteiger partial charge in [0.15, 0.2) is 0 Å². The van der Waals surface area contributed by atoms with Crippen LogP contribution in [-0.4, -0.2) is 46.3 Å². The van der Waals surface area contributed by atoms with Crippen LogP contribution in [0.3, 0.4) is 0 Å². The molecule has 7 heteroatoms. The molecule has 118 valence electrons. The Labute approximate surface area is 132 Å². The molecular formula is C15H19N3O3S. The first-order valence-electron chi connectivity index (χ1n) is 7.40. The second kappa shape index (κ2) is 6.18. The third-order valence-corrected chi connectivity index (χ3v) is 4.61. The van der Waals surface area contributed by atoms with Gasteiger partial charge in [0.1, 0.15) is 16.2 Å². The van der Waals surface area contributed by atoms with Crippen molar-refractivity contribution in [1.82, 2.24) is 9.97 Å². The number of rotatable bonds is 4. The molecule has 1 N–H and O–H groups in total. The van der Waals surface area contributed by atoms with E-state index in [1.54, 1.807) is 0 Å². The van der Waals surface area contributed by atoms with Gasteiger partial charge in [0.05, 0.1) is 23.6 Å². The van der Waals surface area contributed by atoms with Gasteiger partial charge in [-0.3, -0.25) is 4.79 Å². The van der Waals surface area contributed by atoms with Crippen molar-refractivity contribution in [3.8, 4) is 0 Å². The van der Waals surface area contributed by atoms with Gasteiger partial charge in [-0.05, 0) is 26.0 Å². The van der Waals surface area contributed by atoms with Crippen molar-refractivity contribution in [1.29, 1.82) is 0 Å². The summed E-state index contributed by atoms with van der Waals surface area (Å²) in [5.74, 6) is 0.132. The van der Waals surface area contributed by atoms with Crippen LogP contribution in [0.15, 0.2) is 12.1 Å². The number of fused-ring (bicyclic) bond motifs is 1. The van der Waals surface area contributed by atoms with Crippen molar-refractivity contribution in [3.05, 3.63) is 17.1 Å². The van der Waals surface area contributed by atoms with Crippen molar-refractivity contribution in [2.45, 2.75) is 38.9 Å². The van der Waals surface area contributed by atoms with E-state index in [9.17, 15) is 4.79 Å². The summed E-state index contributed by atoms with van der Waals surface area (Å²) in [7, 11) is 0. The molecule has 22 heavy (non-hydrogen) atoms. The number of aliphatic carboxylic acids is 1. The zero-order chi connectivity index (χ0) is 15.7. The standard InChI is InChI=1S/C15H19N3O3S/c1-9-7-18(8-10(2)21-9)12-4-3-11-15(17-12)22-13(16-11)5-6-14(19)20/h3-4,9-10H,5-8H2,1-2H3,(H,19,20)/t9-,10+. The number of thiazole rings is 1. The number of morpholine rings is 1. The highest BCUT2D eigenvalue weighted by atomic mass is 32.1. The topological polar surface area (TPSA) is 75.6 Å². The summed E-state index contributed by atoms with van der Waals surface area (Å²) >= 11 is 1.48. The highest BCUT2D eigenvalue weighted by Gasteiger charge is 2.23. The summed E-state index contributed by atoms with van der Waals surface area (Å²) in [4.78, 5) is 22.9. The van der Waals surface area contributed by atoms with Crippen LogP contribution in [0.4, 0.5) is 5.82 Å². The van der Waals surface area contributed by atoms with Gasteiger partial charge in [0.25, 0.3) is 0 Å². The molecule has 2 aromatic rings. The Hall–Kier alpha value is -1.73. The maximum absolute atomic E-state index is 10.7. The van der Waals surface area contributed by atoms with Crippen LogP contribution < -0.4 is 4.90 Å². The van der Waals surface area contributed by atoms with E-state index in [1.165, 1.54) is 11.3 Å². The maximum atomic E-state index is 10.7. The molecule has 0 saturated carbocycles. The average Bonchev–Trinajstić information content (AvgIpc) is 2.86. The fraction of sp³-hybridized carbons (Fsp3) is 0.533. The molecule has 1 saturated heterocycles. The zero-order valence-corrected chi connectivity index (χ0v) is 13.5. The normalized spacial score (nSPS) is 22.2. The van der Waals surface area contributed by atoms with E-state index in [2.05, 4.69) is 23.7 Å². The van der Waals surface area contributed by atoms with E-state index in [1.807, 2.05) is 12.1 Å². The van der Waals surface area contributed by atoms with Crippen molar-refractivity contribution in [3.63, 3.8) is 0 Å². The molecule has 1 fully saturated rings. The van der Waals surface area contributed by atoms with Gasteiger partial charge in [0, 0.05) is 19.5 Å². The highest BCUT2D eigenvalue weighted by molar-refractivity contribution is 7.18. The van der Waals surface area contributed by atoms with Crippen LogP contribution in [0.5, 0.6) is 0 Å². The summed E-state index contributed by atoms with van der Waals surface area (Å²) in [5, 5.41) is 9.58. The predicted molar refractivity (Wildman–Crippen MR) is 85.6 cm³/mol. The molecule has 0 aliphatic carbocycles. The van der Waals surface area contributed by atoms with Crippen molar-refractivity contribution >= 4 is 33.5 Å². The maximum Gasteiger partial charge on any atom is 0.303 e. The van der Waals surface area contributed by atoms with Crippen LogP contribution >= 0.6 is 11.3 Å². The number of carboxylic acid groups (broad SMARTS) is 1. The Morgan fingerprint density at radius 2 is 2.09 bits per heavy atom. The van der Waals surface area contributed by atoms with Crippen LogP contribution in [0.25, 0.3) is 10.3 Å². The number of pyridine rings is 1. The van der Waals surface area contributed by atoms with Gasteiger partial charge in [0.2, 0.25) is 0 Å². The average molecular weight is 321 g/mol. The van der Waals surface area contributed by atoms with E-state index < -0.39 is 5.97 Å². The van der Waals surface area contributed by atoms with Crippen molar-refractivity contribution in [2.75, 3.05) is 18.0 Å². The molecule has 1 aliphatic heterocycles. The number of anilines is 1. The number of nitrogens with zero attached hydrogens (tertiary/aromatic N) is 3. The van der Waals surface area contributed by atoms with Gasteiger partial charge in [-0.1, -0.05) is 11.3 Å². The lowest BCUT2D eigenvalue weighted by atomic mass is 10.2. The monoisotopic (exact) mass is 321 g/mol.